The Morgan fingerprint density at radius 2 is 1.67 bits per heavy atom. The summed E-state index contributed by atoms with van der Waals surface area (Å²) in [6, 6.07) is 0. The van der Waals surface area contributed by atoms with E-state index in [-0.39, 0.29) is 0 Å². The molecule has 2 heterocycles. The van der Waals surface area contributed by atoms with Crippen LogP contribution in [0.15, 0.2) is 12.4 Å². The number of fused-ring (bicyclic) bond motifs is 1. The van der Waals surface area contributed by atoms with Gasteiger partial charge in [0.25, 0.3) is 0 Å². The molecule has 0 aromatic carbocycles. The van der Waals surface area contributed by atoms with Gasteiger partial charge in [-0.3, -0.25) is 4.98 Å². The summed E-state index contributed by atoms with van der Waals surface area (Å²) >= 11 is 0. The minimum atomic E-state index is 0.432. The molecule has 0 atom stereocenters. The van der Waals surface area contributed by atoms with Crippen LogP contribution < -0.4 is 5.73 Å². The number of imidazole rings is 1. The second-order valence-electron chi connectivity index (χ2n) is 3.15. The molecule has 0 aliphatic rings. The van der Waals surface area contributed by atoms with E-state index in [0.29, 0.717) is 6.54 Å². The van der Waals surface area contributed by atoms with Gasteiger partial charge in [0.1, 0.15) is 0 Å². The molecule has 0 aliphatic carbocycles. The van der Waals surface area contributed by atoms with Crippen LogP contribution in [0.2, 0.25) is 0 Å². The van der Waals surface area contributed by atoms with E-state index in [1.807, 2.05) is 44.5 Å². The van der Waals surface area contributed by atoms with Crippen LogP contribution in [0.3, 0.4) is 0 Å². The highest BCUT2D eigenvalue weighted by molar-refractivity contribution is 5.45. The van der Waals surface area contributed by atoms with E-state index in [9.17, 15) is 0 Å². The maximum absolute atomic E-state index is 5.58. The van der Waals surface area contributed by atoms with Crippen molar-refractivity contribution in [3.05, 3.63) is 29.5 Å². The summed E-state index contributed by atoms with van der Waals surface area (Å²) < 4.78 is 1.97. The predicted molar refractivity (Wildman–Crippen MR) is 61.7 cm³/mol. The average Bonchev–Trinajstić information content (AvgIpc) is 2.60. The van der Waals surface area contributed by atoms with Crippen molar-refractivity contribution in [2.45, 2.75) is 34.2 Å². The van der Waals surface area contributed by atoms with Gasteiger partial charge in [0, 0.05) is 18.9 Å². The second kappa shape index (κ2) is 4.89. The van der Waals surface area contributed by atoms with Crippen molar-refractivity contribution in [2.75, 3.05) is 0 Å². The van der Waals surface area contributed by atoms with Crippen molar-refractivity contribution >= 4 is 5.65 Å². The summed E-state index contributed by atoms with van der Waals surface area (Å²) in [6.45, 7) is 8.35. The fraction of sp³-hybridized carbons (Fsp3) is 0.455. The number of hydrogen-bond acceptors (Lipinski definition) is 3. The van der Waals surface area contributed by atoms with E-state index in [4.69, 9.17) is 5.73 Å². The highest BCUT2D eigenvalue weighted by Gasteiger charge is 2.04. The molecule has 2 N–H and O–H groups in total. The Labute approximate surface area is 90.2 Å². The summed E-state index contributed by atoms with van der Waals surface area (Å²) in [5.74, 6) is 0. The van der Waals surface area contributed by atoms with Gasteiger partial charge >= 0.3 is 0 Å². The third kappa shape index (κ3) is 2.33. The fourth-order valence-corrected chi connectivity index (χ4v) is 1.46. The summed E-state index contributed by atoms with van der Waals surface area (Å²) in [7, 11) is 0. The van der Waals surface area contributed by atoms with Crippen LogP contribution in [-0.2, 0) is 6.54 Å². The Morgan fingerprint density at radius 3 is 2.20 bits per heavy atom. The third-order valence-electron chi connectivity index (χ3n) is 1.94. The van der Waals surface area contributed by atoms with E-state index in [0.717, 1.165) is 22.7 Å². The second-order valence-corrected chi connectivity index (χ2v) is 3.15. The molecule has 0 aliphatic heterocycles. The van der Waals surface area contributed by atoms with E-state index < -0.39 is 0 Å². The van der Waals surface area contributed by atoms with Gasteiger partial charge in [-0.1, -0.05) is 13.8 Å². The molecule has 0 radical (unpaired) electrons. The number of hydrogen-bond donors (Lipinski definition) is 1. The van der Waals surface area contributed by atoms with Gasteiger partial charge in [-0.15, -0.1) is 0 Å². The molecule has 2 aromatic rings. The van der Waals surface area contributed by atoms with Gasteiger partial charge < -0.3 is 10.1 Å². The van der Waals surface area contributed by atoms with Crippen molar-refractivity contribution < 1.29 is 0 Å². The molecule has 0 saturated heterocycles. The zero-order chi connectivity index (χ0) is 11.4. The molecule has 4 heteroatoms. The van der Waals surface area contributed by atoms with Crippen LogP contribution in [0.4, 0.5) is 0 Å². The van der Waals surface area contributed by atoms with Gasteiger partial charge in [-0.05, 0) is 13.8 Å². The number of aryl methyl sites for hydroxylation is 2. The molecule has 0 bridgehead atoms. The maximum Gasteiger partial charge on any atom is 0.160 e. The fourth-order valence-electron chi connectivity index (χ4n) is 1.46. The molecular weight excluding hydrogens is 188 g/mol. The van der Waals surface area contributed by atoms with E-state index >= 15 is 0 Å². The monoisotopic (exact) mass is 206 g/mol. The van der Waals surface area contributed by atoms with Gasteiger partial charge in [0.2, 0.25) is 0 Å². The lowest BCUT2D eigenvalue weighted by atomic mass is 10.4. The van der Waals surface area contributed by atoms with Crippen LogP contribution in [0, 0.1) is 13.8 Å². The van der Waals surface area contributed by atoms with Crippen LogP contribution >= 0.6 is 0 Å². The summed E-state index contributed by atoms with van der Waals surface area (Å²) in [4.78, 5) is 8.67. The Balaban J connectivity index is 0.000000531. The normalized spacial score (nSPS) is 9.93. The lowest BCUT2D eigenvalue weighted by molar-refractivity contribution is 0.936. The number of rotatable bonds is 1. The van der Waals surface area contributed by atoms with Gasteiger partial charge in [0.15, 0.2) is 5.65 Å². The molecule has 2 aromatic heterocycles. The average molecular weight is 206 g/mol. The molecule has 0 fully saturated rings. The SMILES string of the molecule is CC.Cc1cn2cc(C)nc2c(CN)n1. The molecule has 0 spiro atoms. The minimum Gasteiger partial charge on any atom is -0.325 e. The molecule has 2 rings (SSSR count). The Morgan fingerprint density at radius 1 is 1.13 bits per heavy atom. The zero-order valence-corrected chi connectivity index (χ0v) is 9.78. The molecule has 0 unspecified atom stereocenters. The summed E-state index contributed by atoms with van der Waals surface area (Å²) in [5, 5.41) is 0. The predicted octanol–water partition coefficient (Wildman–Crippen LogP) is 1.83. The first-order chi connectivity index (χ1) is 7.20. The van der Waals surface area contributed by atoms with Crippen molar-refractivity contribution in [2.24, 2.45) is 5.73 Å². The smallest absolute Gasteiger partial charge is 0.160 e. The number of aromatic nitrogens is 3. The Bertz CT molecular complexity index is 445. The van der Waals surface area contributed by atoms with E-state index in [1.165, 1.54) is 0 Å². The summed E-state index contributed by atoms with van der Waals surface area (Å²) in [5.41, 5.74) is 9.25. The van der Waals surface area contributed by atoms with Crippen molar-refractivity contribution in [3.63, 3.8) is 0 Å². The van der Waals surface area contributed by atoms with E-state index in [1.54, 1.807) is 0 Å². The van der Waals surface area contributed by atoms with Gasteiger partial charge in [-0.25, -0.2) is 4.98 Å². The quantitative estimate of drug-likeness (QED) is 0.774. The highest BCUT2D eigenvalue weighted by Crippen LogP contribution is 2.09. The van der Waals surface area contributed by atoms with Gasteiger partial charge in [0.05, 0.1) is 17.1 Å². The maximum atomic E-state index is 5.58. The van der Waals surface area contributed by atoms with E-state index in [2.05, 4.69) is 9.97 Å². The zero-order valence-electron chi connectivity index (χ0n) is 9.78. The molecular formula is C11H18N4. The van der Waals surface area contributed by atoms with Gasteiger partial charge in [-0.2, -0.15) is 0 Å². The highest BCUT2D eigenvalue weighted by atomic mass is 15.0. The molecule has 4 nitrogen and oxygen atoms in total. The van der Waals surface area contributed by atoms with Crippen molar-refractivity contribution in [1.29, 1.82) is 0 Å². The van der Waals surface area contributed by atoms with Crippen LogP contribution in [-0.4, -0.2) is 14.4 Å². The summed E-state index contributed by atoms with van der Waals surface area (Å²) in [6.07, 6.45) is 3.93. The molecule has 0 saturated carbocycles. The van der Waals surface area contributed by atoms with Crippen molar-refractivity contribution in [1.82, 2.24) is 14.4 Å². The first-order valence-electron chi connectivity index (χ1n) is 5.22. The standard InChI is InChI=1S/C9H12N4.C2H6/c1-6-4-13-5-7(2)12-9(13)8(3-10)11-6;1-2/h4-5H,3,10H2,1-2H3;1-2H3. The first kappa shape index (κ1) is 11.7. The van der Waals surface area contributed by atoms with Crippen molar-refractivity contribution in [3.8, 4) is 0 Å². The lowest BCUT2D eigenvalue weighted by Gasteiger charge is -2.00. The number of nitrogens with zero attached hydrogens (tertiary/aromatic N) is 3. The third-order valence-corrected chi connectivity index (χ3v) is 1.94. The molecule has 0 amide bonds. The Hall–Kier alpha value is -1.42. The Kier molecular flexibility index (Phi) is 3.80. The lowest BCUT2D eigenvalue weighted by Crippen LogP contribution is -2.04. The number of nitrogens with two attached hydrogens (primary N) is 1. The minimum absolute atomic E-state index is 0.432. The van der Waals surface area contributed by atoms with Crippen LogP contribution in [0.25, 0.3) is 5.65 Å². The van der Waals surface area contributed by atoms with Crippen LogP contribution in [0.1, 0.15) is 30.9 Å². The molecule has 82 valence electrons. The first-order valence-corrected chi connectivity index (χ1v) is 5.22. The van der Waals surface area contributed by atoms with Crippen LogP contribution in [0.5, 0.6) is 0 Å². The topological polar surface area (TPSA) is 56.2 Å². The molecule has 15 heavy (non-hydrogen) atoms. The largest absolute Gasteiger partial charge is 0.325 e.